The van der Waals surface area contributed by atoms with E-state index in [2.05, 4.69) is 6.92 Å². The van der Waals surface area contributed by atoms with E-state index in [1.54, 1.807) is 6.26 Å². The minimum Gasteiger partial charge on any atom is -0.469 e. The molecule has 11 atom stereocenters. The zero-order chi connectivity index (χ0) is 31.4. The summed E-state index contributed by atoms with van der Waals surface area (Å²) in [5.41, 5.74) is -4.18. The van der Waals surface area contributed by atoms with Crippen molar-refractivity contribution in [2.75, 3.05) is 13.2 Å². The number of hydrogen-bond donors (Lipinski definition) is 2. The van der Waals surface area contributed by atoms with Crippen molar-refractivity contribution >= 4 is 17.7 Å². The molecule has 5 heterocycles. The number of aliphatic hydroxyl groups excluding tert-OH is 2. The van der Waals surface area contributed by atoms with E-state index in [9.17, 15) is 24.6 Å². The Kier molecular flexibility index (Phi) is 6.81. The summed E-state index contributed by atoms with van der Waals surface area (Å²) in [6.45, 7) is 9.85. The minimum atomic E-state index is -1.42. The van der Waals surface area contributed by atoms with Crippen molar-refractivity contribution in [1.82, 2.24) is 0 Å². The van der Waals surface area contributed by atoms with Crippen LogP contribution in [0.15, 0.2) is 16.7 Å². The highest BCUT2D eigenvalue weighted by atomic mass is 16.7. The molecule has 2 aliphatic carbocycles. The molecule has 1 aromatic rings. The number of carbonyl (C=O) groups is 3. The van der Waals surface area contributed by atoms with Gasteiger partial charge in [0.05, 0.1) is 30.3 Å². The maximum atomic E-state index is 14.4. The summed E-state index contributed by atoms with van der Waals surface area (Å²) in [7, 11) is 0. The normalized spacial score (nSPS) is 45.7. The van der Waals surface area contributed by atoms with Crippen molar-refractivity contribution in [3.05, 3.63) is 23.7 Å². The van der Waals surface area contributed by atoms with Crippen LogP contribution in [0.4, 0.5) is 0 Å². The Hall–Kier alpha value is -2.27. The van der Waals surface area contributed by atoms with Gasteiger partial charge >= 0.3 is 11.9 Å². The molecule has 4 saturated heterocycles. The molecule has 6 aliphatic rings. The number of fused-ring (bicyclic) bond motifs is 1. The van der Waals surface area contributed by atoms with E-state index in [1.165, 1.54) is 0 Å². The predicted octanol–water partition coefficient (Wildman–Crippen LogP) is 3.84. The van der Waals surface area contributed by atoms with Gasteiger partial charge < -0.3 is 33.6 Å². The van der Waals surface area contributed by atoms with Crippen LogP contribution in [0.3, 0.4) is 0 Å². The van der Waals surface area contributed by atoms with Gasteiger partial charge in [-0.1, -0.05) is 40.0 Å². The lowest BCUT2D eigenvalue weighted by atomic mass is 9.36. The van der Waals surface area contributed by atoms with Crippen LogP contribution in [0.1, 0.15) is 97.0 Å². The third-order valence-electron chi connectivity index (χ3n) is 12.9. The fourth-order valence-corrected chi connectivity index (χ4v) is 11.0. The van der Waals surface area contributed by atoms with Gasteiger partial charge in [0, 0.05) is 34.8 Å². The van der Waals surface area contributed by atoms with Crippen LogP contribution in [-0.2, 0) is 39.8 Å². The van der Waals surface area contributed by atoms with E-state index in [4.69, 9.17) is 23.4 Å². The molecule has 2 N–H and O–H groups in total. The van der Waals surface area contributed by atoms with Gasteiger partial charge in [0.1, 0.15) is 30.2 Å². The van der Waals surface area contributed by atoms with Crippen LogP contribution in [0, 0.1) is 34.0 Å². The van der Waals surface area contributed by atoms with Gasteiger partial charge in [0.15, 0.2) is 11.9 Å². The summed E-state index contributed by atoms with van der Waals surface area (Å²) in [6.07, 6.45) is 3.76. The Morgan fingerprint density at radius 1 is 1.07 bits per heavy atom. The molecule has 0 amide bonds. The second-order valence-corrected chi connectivity index (χ2v) is 15.3. The highest BCUT2D eigenvalue weighted by molar-refractivity contribution is 5.92. The number of ether oxygens (including phenoxy) is 4. The maximum Gasteiger partial charge on any atom is 0.339 e. The van der Waals surface area contributed by atoms with E-state index in [-0.39, 0.29) is 43.2 Å². The predicted molar refractivity (Wildman–Crippen MR) is 154 cm³/mol. The zero-order valence-electron chi connectivity index (χ0n) is 26.4. The van der Waals surface area contributed by atoms with Gasteiger partial charge in [-0.3, -0.25) is 9.59 Å². The molecule has 0 aromatic carbocycles. The number of aliphatic hydroxyl groups is 2. The molecule has 10 heteroatoms. The molecular weight excluding hydrogens is 568 g/mol. The van der Waals surface area contributed by atoms with Crippen LogP contribution >= 0.6 is 0 Å². The van der Waals surface area contributed by atoms with Crippen LogP contribution < -0.4 is 0 Å². The highest BCUT2D eigenvalue weighted by Gasteiger charge is 2.90. The lowest BCUT2D eigenvalue weighted by Gasteiger charge is -2.66. The Bertz CT molecular complexity index is 1370. The van der Waals surface area contributed by atoms with Crippen molar-refractivity contribution in [1.29, 1.82) is 0 Å². The Morgan fingerprint density at radius 3 is 2.57 bits per heavy atom. The van der Waals surface area contributed by atoms with E-state index in [0.717, 1.165) is 31.2 Å². The van der Waals surface area contributed by atoms with Crippen molar-refractivity contribution in [2.45, 2.75) is 122 Å². The molecule has 0 radical (unpaired) electrons. The first-order valence-electron chi connectivity index (χ1n) is 16.4. The second-order valence-electron chi connectivity index (χ2n) is 15.3. The van der Waals surface area contributed by atoms with Gasteiger partial charge in [-0.2, -0.15) is 0 Å². The van der Waals surface area contributed by atoms with Crippen LogP contribution in [-0.4, -0.2) is 70.7 Å². The second kappa shape index (κ2) is 9.86. The number of Topliss-reactive ketones (excluding diaryl/α,β-unsaturated/α-hetero) is 1. The van der Waals surface area contributed by atoms with Gasteiger partial charge in [-0.25, -0.2) is 4.79 Å². The number of hydrogen-bond acceptors (Lipinski definition) is 10. The van der Waals surface area contributed by atoms with Crippen molar-refractivity contribution in [2.24, 2.45) is 34.0 Å². The fourth-order valence-electron chi connectivity index (χ4n) is 11.0. The monoisotopic (exact) mass is 614 g/mol. The van der Waals surface area contributed by atoms with Gasteiger partial charge in [-0.05, 0) is 51.0 Å². The lowest BCUT2D eigenvalue weighted by Crippen LogP contribution is -2.76. The Labute approximate surface area is 258 Å². The number of furan rings is 1. The molecule has 7 rings (SSSR count). The van der Waals surface area contributed by atoms with E-state index < -0.39 is 63.8 Å². The third-order valence-corrected chi connectivity index (χ3v) is 12.9. The highest BCUT2D eigenvalue weighted by Crippen LogP contribution is 2.80. The summed E-state index contributed by atoms with van der Waals surface area (Å²) >= 11 is 0. The summed E-state index contributed by atoms with van der Waals surface area (Å²) in [6, 6.07) is 1.84. The Balaban J connectivity index is 1.30. The molecule has 10 nitrogen and oxygen atoms in total. The number of esters is 2. The van der Waals surface area contributed by atoms with Gasteiger partial charge in [0.2, 0.25) is 0 Å². The largest absolute Gasteiger partial charge is 0.469 e. The molecule has 2 spiro atoms. The number of cyclic esters (lactones) is 2. The zero-order valence-corrected chi connectivity index (χ0v) is 26.4. The van der Waals surface area contributed by atoms with Gasteiger partial charge in [0.25, 0.3) is 0 Å². The van der Waals surface area contributed by atoms with Crippen LogP contribution in [0.25, 0.3) is 0 Å². The fraction of sp³-hybridized carbons (Fsp3) is 0.794. The number of epoxide rings is 1. The van der Waals surface area contributed by atoms with Crippen molar-refractivity contribution in [3.8, 4) is 0 Å². The first-order chi connectivity index (χ1) is 20.8. The molecule has 4 aliphatic heterocycles. The molecule has 1 aromatic heterocycles. The SMILES string of the molecule is CCCCC[C@H](CO)Cc1occc1[C@@H]1OC(=O)[C@H]2O[C@]23[C@]2(C)[C@H](O)C(=O)[C@@H]4C(C)(C)O[C@H]5CC(=O)OC[C@]54[C@H]2CC[C@@]13C. The van der Waals surface area contributed by atoms with Gasteiger partial charge in [-0.15, -0.1) is 0 Å². The standard InChI is InChI=1S/C34H46O10/c1-6-7-8-9-18(16-35)14-20-19(11-13-40-20)27-31(4)12-10-21-32(5,34(31)28(44-34)29(39)42-27)26(38)24(37)25-30(2,3)43-22-15-23(36)41-17-33(21,22)25/h11,13,18,21-22,25-28,35,38H,6-10,12,14-17H2,1-5H3/t18-,21-,22-,25+,26+,27-,28+,31-,32-,33-,34+/m0/s1. The van der Waals surface area contributed by atoms with Crippen molar-refractivity contribution < 1.29 is 48.0 Å². The first-order valence-corrected chi connectivity index (χ1v) is 16.4. The van der Waals surface area contributed by atoms with E-state index >= 15 is 0 Å². The molecular formula is C34H46O10. The Morgan fingerprint density at radius 2 is 1.84 bits per heavy atom. The van der Waals surface area contributed by atoms with E-state index in [0.29, 0.717) is 25.0 Å². The minimum absolute atomic E-state index is 0.0103. The molecule has 44 heavy (non-hydrogen) atoms. The van der Waals surface area contributed by atoms with Crippen LogP contribution in [0.5, 0.6) is 0 Å². The van der Waals surface area contributed by atoms with Crippen LogP contribution in [0.2, 0.25) is 0 Å². The quantitative estimate of drug-likeness (QED) is 0.252. The molecule has 6 fully saturated rings. The number of carbonyl (C=O) groups excluding carboxylic acids is 3. The summed E-state index contributed by atoms with van der Waals surface area (Å²) in [5.74, 6) is -1.54. The molecule has 2 saturated carbocycles. The molecule has 0 unspecified atom stereocenters. The summed E-state index contributed by atoms with van der Waals surface area (Å²) < 4.78 is 30.9. The third kappa shape index (κ3) is 3.60. The average Bonchev–Trinajstić information content (AvgIpc) is 3.53. The first kappa shape index (κ1) is 30.4. The maximum absolute atomic E-state index is 14.4. The smallest absolute Gasteiger partial charge is 0.339 e. The van der Waals surface area contributed by atoms with E-state index in [1.807, 2.05) is 33.8 Å². The average molecular weight is 615 g/mol. The topological polar surface area (TPSA) is 145 Å². The number of unbranched alkanes of at least 4 members (excludes halogenated alkanes) is 2. The number of rotatable bonds is 8. The summed E-state index contributed by atoms with van der Waals surface area (Å²) in [5, 5.41) is 22.3. The number of ketones is 1. The molecule has 242 valence electrons. The lowest BCUT2D eigenvalue weighted by molar-refractivity contribution is -0.252. The molecule has 0 bridgehead atoms. The van der Waals surface area contributed by atoms with Crippen molar-refractivity contribution in [3.63, 3.8) is 0 Å². The summed E-state index contributed by atoms with van der Waals surface area (Å²) in [4.78, 5) is 40.6.